The number of carbonyl (C=O) groups excluding carboxylic acids is 1. The summed E-state index contributed by atoms with van der Waals surface area (Å²) in [4.78, 5) is 11.8. The molecule has 144 valence electrons. The average molecular weight is 369 g/mol. The zero-order chi connectivity index (χ0) is 19.2. The highest BCUT2D eigenvalue weighted by Gasteiger charge is 2.65. The first kappa shape index (κ1) is 18.2. The molecule has 0 aliphatic heterocycles. The molecule has 27 heavy (non-hydrogen) atoms. The summed E-state index contributed by atoms with van der Waals surface area (Å²) in [5.41, 5.74) is 1.45. The lowest BCUT2D eigenvalue weighted by atomic mass is 9.53. The van der Waals surface area contributed by atoms with E-state index in [9.17, 15) is 10.1 Å². The third kappa shape index (κ3) is 2.53. The predicted molar refractivity (Wildman–Crippen MR) is 99.4 cm³/mol. The number of carbonyl (C=O) groups is 1. The van der Waals surface area contributed by atoms with Crippen molar-refractivity contribution < 1.29 is 19.0 Å². The standard InChI is InChI=1S/C22H27NO4/c1-21-10-8-17-16-7-5-15(25-2)12-14(16)4-6-18(17)19(21)9-11-22(21,13-23)27-20(24)26-3/h5,7,12,17-19H,4,6,8-11H2,1-3H3/t17-,18-,19+,21+,22-/m1/s1. The summed E-state index contributed by atoms with van der Waals surface area (Å²) in [6.07, 6.45) is 4.83. The molecular formula is C22H27NO4. The summed E-state index contributed by atoms with van der Waals surface area (Å²) < 4.78 is 15.7. The number of hydrogen-bond donors (Lipinski definition) is 0. The van der Waals surface area contributed by atoms with Crippen molar-refractivity contribution in [3.63, 3.8) is 0 Å². The summed E-state index contributed by atoms with van der Waals surface area (Å²) in [7, 11) is 3.01. The molecular weight excluding hydrogens is 342 g/mol. The molecule has 3 aliphatic rings. The SMILES string of the molecule is COC(=O)O[C@@]1(C#N)CC[C@H]2[C@@H]3CCc4cc(OC)ccc4[C@H]3CC[C@@]21C. The fourth-order valence-electron chi connectivity index (χ4n) is 6.24. The van der Waals surface area contributed by atoms with E-state index < -0.39 is 11.8 Å². The molecule has 0 aromatic heterocycles. The average Bonchev–Trinajstić information content (AvgIpc) is 2.99. The highest BCUT2D eigenvalue weighted by atomic mass is 16.7. The van der Waals surface area contributed by atoms with Crippen molar-refractivity contribution >= 4 is 6.16 Å². The number of rotatable bonds is 2. The van der Waals surface area contributed by atoms with Crippen molar-refractivity contribution in [1.29, 1.82) is 5.26 Å². The maximum absolute atomic E-state index is 11.8. The Morgan fingerprint density at radius 1 is 1.22 bits per heavy atom. The van der Waals surface area contributed by atoms with Crippen LogP contribution in [0.5, 0.6) is 5.75 Å². The van der Waals surface area contributed by atoms with Crippen LogP contribution in [-0.2, 0) is 15.9 Å². The molecule has 5 nitrogen and oxygen atoms in total. The Morgan fingerprint density at radius 2 is 2.04 bits per heavy atom. The minimum absolute atomic E-state index is 0.318. The molecule has 1 aromatic rings. The molecule has 0 N–H and O–H groups in total. The van der Waals surface area contributed by atoms with E-state index in [1.807, 2.05) is 0 Å². The molecule has 2 saturated carbocycles. The van der Waals surface area contributed by atoms with Crippen LogP contribution in [-0.4, -0.2) is 26.0 Å². The lowest BCUT2D eigenvalue weighted by molar-refractivity contribution is -0.0896. The van der Waals surface area contributed by atoms with Gasteiger partial charge in [-0.3, -0.25) is 0 Å². The van der Waals surface area contributed by atoms with Crippen LogP contribution in [0.15, 0.2) is 18.2 Å². The highest BCUT2D eigenvalue weighted by molar-refractivity contribution is 5.61. The smallest absolute Gasteiger partial charge is 0.497 e. The van der Waals surface area contributed by atoms with Gasteiger partial charge in [-0.1, -0.05) is 13.0 Å². The Morgan fingerprint density at radius 3 is 2.74 bits per heavy atom. The molecule has 0 saturated heterocycles. The summed E-state index contributed by atoms with van der Waals surface area (Å²) in [6, 6.07) is 8.83. The Labute approximate surface area is 160 Å². The summed E-state index contributed by atoms with van der Waals surface area (Å²) >= 11 is 0. The van der Waals surface area contributed by atoms with E-state index in [0.29, 0.717) is 24.2 Å². The van der Waals surface area contributed by atoms with Gasteiger partial charge >= 0.3 is 6.16 Å². The molecule has 5 heteroatoms. The van der Waals surface area contributed by atoms with Gasteiger partial charge in [-0.2, -0.15) is 5.26 Å². The maximum atomic E-state index is 11.8. The number of nitrogens with zero attached hydrogens (tertiary/aromatic N) is 1. The monoisotopic (exact) mass is 369 g/mol. The van der Waals surface area contributed by atoms with Gasteiger partial charge in [0.25, 0.3) is 0 Å². The molecule has 3 aliphatic carbocycles. The van der Waals surface area contributed by atoms with E-state index in [0.717, 1.165) is 37.9 Å². The third-order valence-corrected chi connectivity index (χ3v) is 7.66. The van der Waals surface area contributed by atoms with Crippen molar-refractivity contribution in [2.75, 3.05) is 14.2 Å². The Kier molecular flexibility index (Phi) is 4.33. The summed E-state index contributed by atoms with van der Waals surface area (Å²) in [6.45, 7) is 2.15. The second-order valence-electron chi connectivity index (χ2n) is 8.47. The van der Waals surface area contributed by atoms with Gasteiger partial charge in [-0.25, -0.2) is 4.79 Å². The van der Waals surface area contributed by atoms with Crippen LogP contribution in [0.2, 0.25) is 0 Å². The van der Waals surface area contributed by atoms with E-state index in [1.54, 1.807) is 7.11 Å². The van der Waals surface area contributed by atoms with Crippen LogP contribution in [0.4, 0.5) is 4.79 Å². The predicted octanol–water partition coefficient (Wildman–Crippen LogP) is 4.60. The molecule has 0 amide bonds. The number of hydrogen-bond acceptors (Lipinski definition) is 5. The zero-order valence-corrected chi connectivity index (χ0v) is 16.3. The number of aryl methyl sites for hydroxylation is 1. The van der Waals surface area contributed by atoms with Gasteiger partial charge in [0.1, 0.15) is 11.8 Å². The quantitative estimate of drug-likeness (QED) is 0.713. The van der Waals surface area contributed by atoms with Crippen LogP contribution >= 0.6 is 0 Å². The molecule has 0 bridgehead atoms. The van der Waals surface area contributed by atoms with Crippen molar-refractivity contribution in [3.05, 3.63) is 29.3 Å². The van der Waals surface area contributed by atoms with Crippen molar-refractivity contribution in [3.8, 4) is 11.8 Å². The Hall–Kier alpha value is -2.22. The van der Waals surface area contributed by atoms with Crippen LogP contribution in [0.3, 0.4) is 0 Å². The van der Waals surface area contributed by atoms with Gasteiger partial charge in [-0.15, -0.1) is 0 Å². The van der Waals surface area contributed by atoms with Crippen molar-refractivity contribution in [1.82, 2.24) is 0 Å². The van der Waals surface area contributed by atoms with Crippen LogP contribution < -0.4 is 4.74 Å². The van der Waals surface area contributed by atoms with E-state index >= 15 is 0 Å². The Balaban J connectivity index is 1.66. The minimum Gasteiger partial charge on any atom is -0.497 e. The van der Waals surface area contributed by atoms with Gasteiger partial charge in [0.2, 0.25) is 5.60 Å². The number of nitriles is 1. The van der Waals surface area contributed by atoms with E-state index in [1.165, 1.54) is 18.2 Å². The van der Waals surface area contributed by atoms with Gasteiger partial charge in [0, 0.05) is 11.8 Å². The molecule has 5 atom stereocenters. The van der Waals surface area contributed by atoms with E-state index in [-0.39, 0.29) is 5.41 Å². The number of fused-ring (bicyclic) bond motifs is 5. The largest absolute Gasteiger partial charge is 0.509 e. The molecule has 0 heterocycles. The first-order valence-electron chi connectivity index (χ1n) is 9.83. The molecule has 0 unspecified atom stereocenters. The number of benzene rings is 1. The van der Waals surface area contributed by atoms with Crippen LogP contribution in [0.25, 0.3) is 0 Å². The second kappa shape index (κ2) is 6.44. The first-order valence-corrected chi connectivity index (χ1v) is 9.83. The fraction of sp³-hybridized carbons (Fsp3) is 0.636. The first-order chi connectivity index (χ1) is 13.0. The maximum Gasteiger partial charge on any atom is 0.509 e. The van der Waals surface area contributed by atoms with E-state index in [2.05, 4.69) is 31.2 Å². The van der Waals surface area contributed by atoms with Crippen LogP contribution in [0, 0.1) is 28.6 Å². The van der Waals surface area contributed by atoms with E-state index in [4.69, 9.17) is 14.2 Å². The summed E-state index contributed by atoms with van der Waals surface area (Å²) in [5, 5.41) is 9.98. The minimum atomic E-state index is -1.07. The number of methoxy groups -OCH3 is 2. The molecule has 0 spiro atoms. The molecule has 0 radical (unpaired) electrons. The Bertz CT molecular complexity index is 800. The van der Waals surface area contributed by atoms with Crippen molar-refractivity contribution in [2.45, 2.75) is 57.0 Å². The van der Waals surface area contributed by atoms with Gasteiger partial charge in [0.15, 0.2) is 0 Å². The van der Waals surface area contributed by atoms with Gasteiger partial charge < -0.3 is 14.2 Å². The summed E-state index contributed by atoms with van der Waals surface area (Å²) in [5.74, 6) is 2.35. The van der Waals surface area contributed by atoms with Crippen LogP contribution in [0.1, 0.15) is 56.1 Å². The third-order valence-electron chi connectivity index (χ3n) is 7.66. The molecule has 2 fully saturated rings. The topological polar surface area (TPSA) is 68.5 Å². The molecule has 1 aromatic carbocycles. The normalized spacial score (nSPS) is 36.6. The zero-order valence-electron chi connectivity index (χ0n) is 16.3. The fourth-order valence-corrected chi connectivity index (χ4v) is 6.24. The van der Waals surface area contributed by atoms with Gasteiger partial charge in [-0.05, 0) is 73.1 Å². The lowest BCUT2D eigenvalue weighted by Crippen LogP contribution is -2.52. The highest BCUT2D eigenvalue weighted by Crippen LogP contribution is 2.65. The number of ether oxygens (including phenoxy) is 3. The second-order valence-corrected chi connectivity index (χ2v) is 8.47. The van der Waals surface area contributed by atoms with Gasteiger partial charge in [0.05, 0.1) is 14.2 Å². The van der Waals surface area contributed by atoms with Crippen molar-refractivity contribution in [2.24, 2.45) is 17.3 Å². The molecule has 4 rings (SSSR count). The lowest BCUT2D eigenvalue weighted by Gasteiger charge is -2.52.